The average molecular weight is 359 g/mol. The van der Waals surface area contributed by atoms with E-state index >= 15 is 0 Å². The van der Waals surface area contributed by atoms with Crippen LogP contribution in [0.4, 0.5) is 30.6 Å². The van der Waals surface area contributed by atoms with Crippen LogP contribution in [0.1, 0.15) is 12.5 Å². The Morgan fingerprint density at radius 3 is 2.42 bits per heavy atom. The first-order valence-electron chi connectivity index (χ1n) is 7.93. The zero-order valence-electron chi connectivity index (χ0n) is 13.9. The Morgan fingerprint density at radius 2 is 1.81 bits per heavy atom. The molecule has 134 valence electrons. The van der Waals surface area contributed by atoms with Gasteiger partial charge in [-0.25, -0.2) is 4.98 Å². The molecule has 0 aliphatic heterocycles. The van der Waals surface area contributed by atoms with E-state index in [2.05, 4.69) is 25.6 Å². The molecule has 0 unspecified atom stereocenters. The Hall–Kier alpha value is -3.16. The van der Waals surface area contributed by atoms with Gasteiger partial charge in [-0.15, -0.1) is 0 Å². The molecule has 0 atom stereocenters. The Kier molecular flexibility index (Phi) is 5.01. The van der Waals surface area contributed by atoms with Gasteiger partial charge in [-0.3, -0.25) is 4.98 Å². The second-order valence-corrected chi connectivity index (χ2v) is 5.43. The highest BCUT2D eigenvalue weighted by molar-refractivity contribution is 5.66. The van der Waals surface area contributed by atoms with Gasteiger partial charge in [-0.05, 0) is 43.3 Å². The van der Waals surface area contributed by atoms with Gasteiger partial charge in [0.1, 0.15) is 5.82 Å². The Balaban J connectivity index is 1.90. The molecule has 0 radical (unpaired) electrons. The molecule has 8 heteroatoms. The predicted molar refractivity (Wildman–Crippen MR) is 94.2 cm³/mol. The van der Waals surface area contributed by atoms with Crippen molar-refractivity contribution in [3.05, 3.63) is 60.4 Å². The quantitative estimate of drug-likeness (QED) is 0.689. The maximum Gasteiger partial charge on any atom is 0.416 e. The Labute approximate surface area is 148 Å². The smallest absolute Gasteiger partial charge is 0.354 e. The minimum Gasteiger partial charge on any atom is -0.354 e. The summed E-state index contributed by atoms with van der Waals surface area (Å²) in [5, 5.41) is 6.05. The van der Waals surface area contributed by atoms with Gasteiger partial charge < -0.3 is 10.6 Å². The molecule has 1 aromatic carbocycles. The number of nitrogens with zero attached hydrogens (tertiary/aromatic N) is 3. The SMILES string of the molecule is CCNc1nc(Nc2ccc(C(F)(F)F)cc2)cc(-c2cccnc2)n1. The standard InChI is InChI=1S/C18H16F3N5/c1-2-23-17-25-15(12-4-3-9-22-11-12)10-16(26-17)24-14-7-5-13(6-8-14)18(19,20)21/h3-11H,2H2,1H3,(H2,23,24,25,26). The van der Waals surface area contributed by atoms with Crippen molar-refractivity contribution in [3.8, 4) is 11.3 Å². The summed E-state index contributed by atoms with van der Waals surface area (Å²) in [6, 6.07) is 10.2. The van der Waals surface area contributed by atoms with Crippen molar-refractivity contribution in [2.75, 3.05) is 17.2 Å². The number of benzene rings is 1. The maximum atomic E-state index is 12.7. The third-order valence-corrected chi connectivity index (χ3v) is 3.50. The molecule has 0 bridgehead atoms. The van der Waals surface area contributed by atoms with E-state index in [1.807, 2.05) is 13.0 Å². The first-order valence-corrected chi connectivity index (χ1v) is 7.93. The van der Waals surface area contributed by atoms with E-state index in [4.69, 9.17) is 0 Å². The summed E-state index contributed by atoms with van der Waals surface area (Å²) in [5.41, 5.74) is 1.26. The molecular formula is C18H16F3N5. The lowest BCUT2D eigenvalue weighted by molar-refractivity contribution is -0.137. The molecule has 2 aromatic heterocycles. The summed E-state index contributed by atoms with van der Waals surface area (Å²) in [6.07, 6.45) is -1.02. The summed E-state index contributed by atoms with van der Waals surface area (Å²) in [6.45, 7) is 2.55. The lowest BCUT2D eigenvalue weighted by Gasteiger charge is -2.12. The summed E-state index contributed by atoms with van der Waals surface area (Å²) < 4.78 is 38.0. The zero-order chi connectivity index (χ0) is 18.6. The molecule has 3 aromatic rings. The number of halogens is 3. The lowest BCUT2D eigenvalue weighted by atomic mass is 10.2. The summed E-state index contributed by atoms with van der Waals surface area (Å²) in [7, 11) is 0. The van der Waals surface area contributed by atoms with Crippen LogP contribution >= 0.6 is 0 Å². The minimum atomic E-state index is -4.36. The van der Waals surface area contributed by atoms with Gasteiger partial charge in [0, 0.05) is 36.3 Å². The van der Waals surface area contributed by atoms with E-state index in [0.29, 0.717) is 29.7 Å². The number of rotatable bonds is 5. The fourth-order valence-electron chi connectivity index (χ4n) is 2.30. The van der Waals surface area contributed by atoms with Crippen LogP contribution in [0.15, 0.2) is 54.9 Å². The van der Waals surface area contributed by atoms with Crippen LogP contribution in [0.25, 0.3) is 11.3 Å². The van der Waals surface area contributed by atoms with Crippen molar-refractivity contribution in [1.29, 1.82) is 0 Å². The molecule has 0 aliphatic rings. The van der Waals surface area contributed by atoms with Gasteiger partial charge in [0.15, 0.2) is 0 Å². The average Bonchev–Trinajstić information content (AvgIpc) is 2.62. The molecule has 0 saturated carbocycles. The molecule has 0 spiro atoms. The van der Waals surface area contributed by atoms with Crippen LogP contribution in [0.2, 0.25) is 0 Å². The molecule has 0 amide bonds. The molecule has 2 heterocycles. The number of pyridine rings is 1. The first-order chi connectivity index (χ1) is 12.5. The van der Waals surface area contributed by atoms with E-state index in [-0.39, 0.29) is 0 Å². The van der Waals surface area contributed by atoms with Crippen LogP contribution < -0.4 is 10.6 Å². The highest BCUT2D eigenvalue weighted by atomic mass is 19.4. The molecule has 0 fully saturated rings. The molecule has 0 aliphatic carbocycles. The van der Waals surface area contributed by atoms with Crippen LogP contribution in [-0.2, 0) is 6.18 Å². The minimum absolute atomic E-state index is 0.420. The summed E-state index contributed by atoms with van der Waals surface area (Å²) in [4.78, 5) is 12.8. The topological polar surface area (TPSA) is 62.7 Å². The van der Waals surface area contributed by atoms with Gasteiger partial charge >= 0.3 is 6.18 Å². The van der Waals surface area contributed by atoms with Crippen LogP contribution in [0.3, 0.4) is 0 Å². The van der Waals surface area contributed by atoms with Gasteiger partial charge in [0.2, 0.25) is 5.95 Å². The largest absolute Gasteiger partial charge is 0.416 e. The van der Waals surface area contributed by atoms with E-state index in [1.54, 1.807) is 24.5 Å². The maximum absolute atomic E-state index is 12.7. The highest BCUT2D eigenvalue weighted by Gasteiger charge is 2.29. The molecule has 2 N–H and O–H groups in total. The van der Waals surface area contributed by atoms with Gasteiger partial charge in [-0.2, -0.15) is 18.2 Å². The second-order valence-electron chi connectivity index (χ2n) is 5.43. The van der Waals surface area contributed by atoms with Crippen molar-refractivity contribution in [1.82, 2.24) is 15.0 Å². The Bertz CT molecular complexity index is 864. The highest BCUT2D eigenvalue weighted by Crippen LogP contribution is 2.30. The van der Waals surface area contributed by atoms with Crippen LogP contribution in [-0.4, -0.2) is 21.5 Å². The fraction of sp³-hybridized carbons (Fsp3) is 0.167. The molecular weight excluding hydrogens is 343 g/mol. The second kappa shape index (κ2) is 7.38. The van der Waals surface area contributed by atoms with E-state index < -0.39 is 11.7 Å². The van der Waals surface area contributed by atoms with E-state index in [9.17, 15) is 13.2 Å². The lowest BCUT2D eigenvalue weighted by Crippen LogP contribution is -2.06. The molecule has 0 saturated heterocycles. The van der Waals surface area contributed by atoms with Gasteiger partial charge in [0.25, 0.3) is 0 Å². The molecule has 3 rings (SSSR count). The fourth-order valence-corrected chi connectivity index (χ4v) is 2.30. The zero-order valence-corrected chi connectivity index (χ0v) is 13.9. The van der Waals surface area contributed by atoms with Crippen molar-refractivity contribution >= 4 is 17.5 Å². The number of anilines is 3. The van der Waals surface area contributed by atoms with Crippen molar-refractivity contribution in [2.45, 2.75) is 13.1 Å². The molecule has 5 nitrogen and oxygen atoms in total. The Morgan fingerprint density at radius 1 is 1.04 bits per heavy atom. The number of alkyl halides is 3. The van der Waals surface area contributed by atoms with Gasteiger partial charge in [-0.1, -0.05) is 0 Å². The number of nitrogens with one attached hydrogen (secondary N) is 2. The van der Waals surface area contributed by atoms with Crippen molar-refractivity contribution in [3.63, 3.8) is 0 Å². The van der Waals surface area contributed by atoms with Crippen molar-refractivity contribution in [2.24, 2.45) is 0 Å². The third-order valence-electron chi connectivity index (χ3n) is 3.50. The normalized spacial score (nSPS) is 11.2. The van der Waals surface area contributed by atoms with Crippen LogP contribution in [0.5, 0.6) is 0 Å². The third kappa shape index (κ3) is 4.27. The van der Waals surface area contributed by atoms with Crippen molar-refractivity contribution < 1.29 is 13.2 Å². The number of hydrogen-bond acceptors (Lipinski definition) is 5. The number of hydrogen-bond donors (Lipinski definition) is 2. The first kappa shape index (κ1) is 17.7. The predicted octanol–water partition coefficient (Wildman–Crippen LogP) is 4.73. The molecule has 26 heavy (non-hydrogen) atoms. The monoisotopic (exact) mass is 359 g/mol. The van der Waals surface area contributed by atoms with Gasteiger partial charge in [0.05, 0.1) is 11.3 Å². The van der Waals surface area contributed by atoms with E-state index in [1.165, 1.54) is 12.1 Å². The summed E-state index contributed by atoms with van der Waals surface area (Å²) in [5.74, 6) is 0.887. The number of aromatic nitrogens is 3. The summed E-state index contributed by atoms with van der Waals surface area (Å²) >= 11 is 0. The van der Waals surface area contributed by atoms with E-state index in [0.717, 1.165) is 17.7 Å². The van der Waals surface area contributed by atoms with Crippen LogP contribution in [0, 0.1) is 0 Å².